The molecular formula is C11H7BrF3NO2. The van der Waals surface area contributed by atoms with Crippen molar-refractivity contribution in [3.05, 3.63) is 29.3 Å². The van der Waals surface area contributed by atoms with Crippen LogP contribution in [0.25, 0.3) is 0 Å². The van der Waals surface area contributed by atoms with Crippen LogP contribution in [0, 0.1) is 11.3 Å². The number of carbonyl (C=O) groups excluding carboxylic acids is 1. The van der Waals surface area contributed by atoms with E-state index < -0.39 is 22.7 Å². The molecule has 0 aliphatic carbocycles. The van der Waals surface area contributed by atoms with Gasteiger partial charge in [-0.25, -0.2) is 0 Å². The van der Waals surface area contributed by atoms with Crippen molar-refractivity contribution < 1.29 is 22.7 Å². The zero-order valence-corrected chi connectivity index (χ0v) is 10.7. The van der Waals surface area contributed by atoms with E-state index in [1.807, 2.05) is 0 Å². The molecule has 0 aromatic heterocycles. The molecule has 0 fully saturated rings. The van der Waals surface area contributed by atoms with Gasteiger partial charge in [0.1, 0.15) is 16.4 Å². The summed E-state index contributed by atoms with van der Waals surface area (Å²) in [5.74, 6) is -0.983. The zero-order chi connectivity index (χ0) is 13.9. The van der Waals surface area contributed by atoms with Crippen LogP contribution >= 0.6 is 15.9 Å². The van der Waals surface area contributed by atoms with Gasteiger partial charge in [-0.2, -0.15) is 5.26 Å². The monoisotopic (exact) mass is 321 g/mol. The predicted molar refractivity (Wildman–Crippen MR) is 60.2 cm³/mol. The summed E-state index contributed by atoms with van der Waals surface area (Å²) in [7, 11) is 0. The van der Waals surface area contributed by atoms with Crippen molar-refractivity contribution >= 4 is 21.7 Å². The highest BCUT2D eigenvalue weighted by Crippen LogP contribution is 2.37. The average molecular weight is 322 g/mol. The first kappa shape index (κ1) is 14.5. The maximum Gasteiger partial charge on any atom is 0.573 e. The van der Waals surface area contributed by atoms with Gasteiger partial charge in [0.25, 0.3) is 0 Å². The molecule has 18 heavy (non-hydrogen) atoms. The molecule has 0 heterocycles. The van der Waals surface area contributed by atoms with Gasteiger partial charge in [-0.05, 0) is 19.1 Å². The number of halogens is 4. The number of alkyl halides is 4. The lowest BCUT2D eigenvalue weighted by molar-refractivity contribution is -0.274. The van der Waals surface area contributed by atoms with Crippen LogP contribution in [-0.2, 0) is 4.79 Å². The van der Waals surface area contributed by atoms with Crippen LogP contribution in [0.5, 0.6) is 5.75 Å². The van der Waals surface area contributed by atoms with Gasteiger partial charge in [0.05, 0.1) is 11.6 Å². The lowest BCUT2D eigenvalue weighted by Gasteiger charge is -2.16. The topological polar surface area (TPSA) is 50.1 Å². The number of hydrogen-bond donors (Lipinski definition) is 0. The van der Waals surface area contributed by atoms with Crippen molar-refractivity contribution in [3.8, 4) is 11.8 Å². The van der Waals surface area contributed by atoms with E-state index in [0.29, 0.717) is 0 Å². The Morgan fingerprint density at radius 1 is 1.50 bits per heavy atom. The lowest BCUT2D eigenvalue weighted by Crippen LogP contribution is -2.19. The number of carbonyl (C=O) groups is 1. The number of nitriles is 1. The van der Waals surface area contributed by atoms with Crippen molar-refractivity contribution in [1.82, 2.24) is 0 Å². The van der Waals surface area contributed by atoms with E-state index in [1.165, 1.54) is 19.1 Å². The average Bonchev–Trinajstić information content (AvgIpc) is 2.25. The minimum absolute atomic E-state index is 0.0474. The van der Waals surface area contributed by atoms with Gasteiger partial charge in [0.15, 0.2) is 0 Å². The van der Waals surface area contributed by atoms with Crippen LogP contribution in [0.2, 0.25) is 0 Å². The molecule has 0 radical (unpaired) electrons. The molecule has 1 aromatic carbocycles. The summed E-state index contributed by atoms with van der Waals surface area (Å²) in [5.41, 5.74) is -0.168. The fraction of sp³-hybridized carbons (Fsp3) is 0.273. The summed E-state index contributed by atoms with van der Waals surface area (Å²) in [6, 6.07) is 5.35. The fourth-order valence-electron chi connectivity index (χ4n) is 1.32. The molecular weight excluding hydrogens is 315 g/mol. The van der Waals surface area contributed by atoms with Crippen LogP contribution in [0.15, 0.2) is 18.2 Å². The number of ether oxygens (including phenoxy) is 1. The van der Waals surface area contributed by atoms with Gasteiger partial charge in [-0.3, -0.25) is 4.79 Å². The Labute approximate surface area is 109 Å². The standard InChI is InChI=1S/C11H7BrF3NO2/c1-6(17)10(12)9-7(5-16)3-2-4-8(9)18-11(13,14)15/h2-4,10H,1H3. The molecule has 0 aliphatic rings. The predicted octanol–water partition coefficient (Wildman–Crippen LogP) is 3.48. The number of nitrogens with zero attached hydrogens (tertiary/aromatic N) is 1. The minimum Gasteiger partial charge on any atom is -0.405 e. The molecule has 1 unspecified atom stereocenters. The second-order valence-corrected chi connectivity index (χ2v) is 4.27. The molecule has 0 N–H and O–H groups in total. The van der Waals surface area contributed by atoms with Crippen molar-refractivity contribution in [2.45, 2.75) is 18.1 Å². The van der Waals surface area contributed by atoms with E-state index in [4.69, 9.17) is 5.26 Å². The third-order valence-corrected chi connectivity index (χ3v) is 3.13. The molecule has 0 saturated heterocycles. The van der Waals surface area contributed by atoms with Gasteiger partial charge >= 0.3 is 6.36 Å². The molecule has 1 atom stereocenters. The Morgan fingerprint density at radius 3 is 2.56 bits per heavy atom. The molecule has 3 nitrogen and oxygen atoms in total. The molecule has 0 spiro atoms. The smallest absolute Gasteiger partial charge is 0.405 e. The Balaban J connectivity index is 3.35. The van der Waals surface area contributed by atoms with Crippen LogP contribution < -0.4 is 4.74 Å². The van der Waals surface area contributed by atoms with E-state index in [9.17, 15) is 18.0 Å². The number of hydrogen-bond acceptors (Lipinski definition) is 3. The summed E-state index contributed by atoms with van der Waals surface area (Å²) >= 11 is 2.95. The molecule has 0 aliphatic heterocycles. The van der Waals surface area contributed by atoms with E-state index in [2.05, 4.69) is 20.7 Å². The number of Topliss-reactive ketones (excluding diaryl/α,β-unsaturated/α-hetero) is 1. The van der Waals surface area contributed by atoms with Gasteiger partial charge in [-0.15, -0.1) is 13.2 Å². The highest BCUT2D eigenvalue weighted by atomic mass is 79.9. The van der Waals surface area contributed by atoms with Gasteiger partial charge in [0.2, 0.25) is 0 Å². The van der Waals surface area contributed by atoms with Crippen molar-refractivity contribution in [1.29, 1.82) is 5.26 Å². The highest BCUT2D eigenvalue weighted by molar-refractivity contribution is 9.09. The van der Waals surface area contributed by atoms with Crippen LogP contribution in [0.1, 0.15) is 22.9 Å². The second kappa shape index (κ2) is 5.40. The largest absolute Gasteiger partial charge is 0.573 e. The van der Waals surface area contributed by atoms with Gasteiger partial charge in [-0.1, -0.05) is 22.0 Å². The van der Waals surface area contributed by atoms with E-state index in [0.717, 1.165) is 6.07 Å². The maximum absolute atomic E-state index is 12.2. The lowest BCUT2D eigenvalue weighted by atomic mass is 10.0. The summed E-state index contributed by atoms with van der Waals surface area (Å²) in [6.07, 6.45) is -4.88. The molecule has 1 aromatic rings. The molecule has 0 amide bonds. The second-order valence-electron chi connectivity index (χ2n) is 3.35. The highest BCUT2D eigenvalue weighted by Gasteiger charge is 2.34. The first-order valence-corrected chi connectivity index (χ1v) is 5.61. The Hall–Kier alpha value is -1.55. The Morgan fingerprint density at radius 2 is 2.11 bits per heavy atom. The third-order valence-electron chi connectivity index (χ3n) is 2.02. The fourth-order valence-corrected chi connectivity index (χ4v) is 1.79. The summed E-state index contributed by atoms with van der Waals surface area (Å²) in [5, 5.41) is 8.85. The van der Waals surface area contributed by atoms with E-state index in [-0.39, 0.29) is 11.1 Å². The Bertz CT molecular complexity index is 508. The van der Waals surface area contributed by atoms with E-state index in [1.54, 1.807) is 6.07 Å². The Kier molecular flexibility index (Phi) is 4.35. The number of rotatable bonds is 3. The van der Waals surface area contributed by atoms with Gasteiger partial charge in [0, 0.05) is 5.56 Å². The molecule has 0 bridgehead atoms. The zero-order valence-electron chi connectivity index (χ0n) is 9.08. The maximum atomic E-state index is 12.2. The van der Waals surface area contributed by atoms with Crippen LogP contribution in [0.3, 0.4) is 0 Å². The third kappa shape index (κ3) is 3.47. The van der Waals surface area contributed by atoms with Crippen LogP contribution in [-0.4, -0.2) is 12.1 Å². The normalized spacial score (nSPS) is 12.7. The van der Waals surface area contributed by atoms with Crippen molar-refractivity contribution in [2.24, 2.45) is 0 Å². The van der Waals surface area contributed by atoms with Crippen molar-refractivity contribution in [3.63, 3.8) is 0 Å². The van der Waals surface area contributed by atoms with Crippen LogP contribution in [0.4, 0.5) is 13.2 Å². The number of benzene rings is 1. The van der Waals surface area contributed by atoms with Crippen molar-refractivity contribution in [2.75, 3.05) is 0 Å². The van der Waals surface area contributed by atoms with E-state index >= 15 is 0 Å². The molecule has 7 heteroatoms. The summed E-state index contributed by atoms with van der Waals surface area (Å²) in [6.45, 7) is 1.20. The van der Waals surface area contributed by atoms with Gasteiger partial charge < -0.3 is 4.74 Å². The minimum atomic E-state index is -4.88. The first-order chi connectivity index (χ1) is 8.26. The SMILES string of the molecule is CC(=O)C(Br)c1c(C#N)cccc1OC(F)(F)F. The molecule has 96 valence electrons. The first-order valence-electron chi connectivity index (χ1n) is 4.69. The quantitative estimate of drug-likeness (QED) is 0.801. The number of ketones is 1. The summed E-state index contributed by atoms with van der Waals surface area (Å²) < 4.78 is 40.5. The molecule has 1 rings (SSSR count). The summed E-state index contributed by atoms with van der Waals surface area (Å²) in [4.78, 5) is 10.2. The molecule has 0 saturated carbocycles.